The molecular formula is C20H18N4OS2. The first-order valence-corrected chi connectivity index (χ1v) is 10.8. The molecule has 1 aliphatic carbocycles. The molecule has 1 amide bonds. The second-order valence-corrected chi connectivity index (χ2v) is 8.71. The molecule has 0 spiro atoms. The average Bonchev–Trinajstić information content (AvgIpc) is 3.46. The zero-order valence-corrected chi connectivity index (χ0v) is 16.5. The van der Waals surface area contributed by atoms with E-state index < -0.39 is 0 Å². The Hall–Kier alpha value is -2.25. The number of benzene rings is 2. The van der Waals surface area contributed by atoms with Crippen LogP contribution in [-0.2, 0) is 4.79 Å². The van der Waals surface area contributed by atoms with Crippen LogP contribution in [0.3, 0.4) is 0 Å². The first kappa shape index (κ1) is 16.9. The Labute approximate surface area is 166 Å². The van der Waals surface area contributed by atoms with Crippen LogP contribution < -0.4 is 4.90 Å². The number of carbonyl (C=O) groups excluding carboxylic acids is 1. The van der Waals surface area contributed by atoms with Gasteiger partial charge in [0.25, 0.3) is 0 Å². The highest BCUT2D eigenvalue weighted by atomic mass is 32.2. The molecule has 136 valence electrons. The highest BCUT2D eigenvalue weighted by molar-refractivity contribution is 8.00. The summed E-state index contributed by atoms with van der Waals surface area (Å²) in [6.07, 6.45) is 2.34. The minimum absolute atomic E-state index is 0.0585. The highest BCUT2D eigenvalue weighted by Gasteiger charge is 2.30. The number of aromatic nitrogens is 3. The molecule has 3 aromatic rings. The van der Waals surface area contributed by atoms with Crippen molar-refractivity contribution in [3.8, 4) is 0 Å². The van der Waals surface area contributed by atoms with Gasteiger partial charge < -0.3 is 4.57 Å². The van der Waals surface area contributed by atoms with Crippen LogP contribution in [0, 0.1) is 6.92 Å². The van der Waals surface area contributed by atoms with Gasteiger partial charge in [-0.1, -0.05) is 47.8 Å². The third kappa shape index (κ3) is 3.04. The Morgan fingerprint density at radius 3 is 2.33 bits per heavy atom. The summed E-state index contributed by atoms with van der Waals surface area (Å²) >= 11 is 3.19. The fourth-order valence-corrected chi connectivity index (χ4v) is 5.32. The standard InChI is InChI=1S/C20H18N4OS2/c1-13-21-22-20(23(13)14-10-11-14)26-12-19(25)24-15-6-2-4-8-17(15)27-18-9-5-3-7-16(18)24/h2-9,14H,10-12H2,1H3. The lowest BCUT2D eigenvalue weighted by atomic mass is 10.2. The number of thioether (sulfide) groups is 1. The Morgan fingerprint density at radius 2 is 1.70 bits per heavy atom. The predicted molar refractivity (Wildman–Crippen MR) is 108 cm³/mol. The molecule has 0 N–H and O–H groups in total. The number of hydrogen-bond donors (Lipinski definition) is 0. The molecule has 0 saturated heterocycles. The third-order valence-electron chi connectivity index (χ3n) is 4.75. The maximum atomic E-state index is 13.2. The molecule has 2 aromatic carbocycles. The molecule has 5 rings (SSSR count). The third-order valence-corrected chi connectivity index (χ3v) is 6.81. The van der Waals surface area contributed by atoms with Crippen LogP contribution >= 0.6 is 23.5 Å². The van der Waals surface area contributed by atoms with Crippen LogP contribution in [0.2, 0.25) is 0 Å². The molecule has 0 unspecified atom stereocenters. The summed E-state index contributed by atoms with van der Waals surface area (Å²) in [5.74, 6) is 1.32. The van der Waals surface area contributed by atoms with Gasteiger partial charge >= 0.3 is 0 Å². The van der Waals surface area contributed by atoms with Crippen molar-refractivity contribution in [1.29, 1.82) is 0 Å². The summed E-state index contributed by atoms with van der Waals surface area (Å²) in [4.78, 5) is 17.3. The number of para-hydroxylation sites is 2. The van der Waals surface area contributed by atoms with Gasteiger partial charge in [-0.15, -0.1) is 10.2 Å². The van der Waals surface area contributed by atoms with Crippen LogP contribution in [0.4, 0.5) is 11.4 Å². The van der Waals surface area contributed by atoms with E-state index >= 15 is 0 Å². The second-order valence-electron chi connectivity index (χ2n) is 6.69. The number of fused-ring (bicyclic) bond motifs is 2. The number of hydrogen-bond acceptors (Lipinski definition) is 5. The van der Waals surface area contributed by atoms with E-state index in [0.717, 1.165) is 32.1 Å². The number of carbonyl (C=O) groups is 1. The maximum absolute atomic E-state index is 13.2. The van der Waals surface area contributed by atoms with Crippen molar-refractivity contribution in [2.45, 2.75) is 40.8 Å². The SMILES string of the molecule is Cc1nnc(SCC(=O)N2c3ccccc3Sc3ccccc32)n1C1CC1. The van der Waals surface area contributed by atoms with Gasteiger partial charge in [0.1, 0.15) is 5.82 Å². The van der Waals surface area contributed by atoms with Gasteiger partial charge in [-0.05, 0) is 44.0 Å². The number of rotatable bonds is 4. The van der Waals surface area contributed by atoms with Gasteiger partial charge in [0.15, 0.2) is 5.16 Å². The van der Waals surface area contributed by atoms with E-state index in [-0.39, 0.29) is 5.91 Å². The fraction of sp³-hybridized carbons (Fsp3) is 0.250. The molecular weight excluding hydrogens is 376 g/mol. The van der Waals surface area contributed by atoms with E-state index in [0.29, 0.717) is 11.8 Å². The van der Waals surface area contributed by atoms with E-state index in [1.807, 2.05) is 48.2 Å². The molecule has 1 saturated carbocycles. The topological polar surface area (TPSA) is 51.0 Å². The summed E-state index contributed by atoms with van der Waals surface area (Å²) in [5, 5.41) is 9.33. The normalized spacial score (nSPS) is 15.4. The van der Waals surface area contributed by atoms with Crippen LogP contribution in [0.1, 0.15) is 24.7 Å². The van der Waals surface area contributed by atoms with Crippen LogP contribution in [-0.4, -0.2) is 26.4 Å². The molecule has 5 nitrogen and oxygen atoms in total. The molecule has 2 aliphatic rings. The highest BCUT2D eigenvalue weighted by Crippen LogP contribution is 2.48. The van der Waals surface area contributed by atoms with Gasteiger partial charge in [0.2, 0.25) is 5.91 Å². The zero-order valence-electron chi connectivity index (χ0n) is 14.8. The van der Waals surface area contributed by atoms with Gasteiger partial charge in [0, 0.05) is 15.8 Å². The summed E-state index contributed by atoms with van der Waals surface area (Å²) in [5.41, 5.74) is 1.90. The predicted octanol–water partition coefficient (Wildman–Crippen LogP) is 4.84. The number of anilines is 2. The molecule has 27 heavy (non-hydrogen) atoms. The lowest BCUT2D eigenvalue weighted by molar-refractivity contribution is -0.115. The van der Waals surface area contributed by atoms with Crippen molar-refractivity contribution in [2.24, 2.45) is 0 Å². The molecule has 1 aromatic heterocycles. The number of amides is 1. The van der Waals surface area contributed by atoms with Crippen molar-refractivity contribution in [2.75, 3.05) is 10.7 Å². The van der Waals surface area contributed by atoms with Gasteiger partial charge in [-0.25, -0.2) is 0 Å². The summed E-state index contributed by atoms with van der Waals surface area (Å²) < 4.78 is 2.17. The van der Waals surface area contributed by atoms with Gasteiger partial charge in [0.05, 0.1) is 17.1 Å². The number of aryl methyl sites for hydroxylation is 1. The largest absolute Gasteiger partial charge is 0.303 e. The van der Waals surface area contributed by atoms with Crippen LogP contribution in [0.5, 0.6) is 0 Å². The first-order valence-electron chi connectivity index (χ1n) is 8.95. The molecule has 1 fully saturated rings. The minimum Gasteiger partial charge on any atom is -0.303 e. The van der Waals surface area contributed by atoms with Crippen molar-refractivity contribution >= 4 is 40.8 Å². The Balaban J connectivity index is 1.44. The fourth-order valence-electron chi connectivity index (χ4n) is 3.37. The lowest BCUT2D eigenvalue weighted by Gasteiger charge is -2.30. The van der Waals surface area contributed by atoms with E-state index in [1.54, 1.807) is 11.8 Å². The smallest absolute Gasteiger partial charge is 0.242 e. The van der Waals surface area contributed by atoms with E-state index in [4.69, 9.17) is 0 Å². The summed E-state index contributed by atoms with van der Waals surface area (Å²) in [6, 6.07) is 16.6. The molecule has 2 heterocycles. The molecule has 0 bridgehead atoms. The lowest BCUT2D eigenvalue weighted by Crippen LogP contribution is -2.30. The van der Waals surface area contributed by atoms with Gasteiger partial charge in [-0.2, -0.15) is 0 Å². The Kier molecular flexibility index (Phi) is 4.21. The summed E-state index contributed by atoms with van der Waals surface area (Å²) in [7, 11) is 0. The van der Waals surface area contributed by atoms with Crippen LogP contribution in [0.25, 0.3) is 0 Å². The van der Waals surface area contributed by atoms with Gasteiger partial charge in [-0.3, -0.25) is 9.69 Å². The average molecular weight is 395 g/mol. The number of nitrogens with zero attached hydrogens (tertiary/aromatic N) is 4. The molecule has 7 heteroatoms. The zero-order chi connectivity index (χ0) is 18.4. The van der Waals surface area contributed by atoms with Crippen molar-refractivity contribution in [3.05, 3.63) is 54.4 Å². The van der Waals surface area contributed by atoms with Crippen molar-refractivity contribution < 1.29 is 4.79 Å². The maximum Gasteiger partial charge on any atom is 0.242 e. The van der Waals surface area contributed by atoms with Crippen molar-refractivity contribution in [1.82, 2.24) is 14.8 Å². The Morgan fingerprint density at radius 1 is 1.07 bits per heavy atom. The molecule has 0 radical (unpaired) electrons. The second kappa shape index (κ2) is 6.73. The van der Waals surface area contributed by atoms with Crippen LogP contribution in [0.15, 0.2) is 63.5 Å². The molecule has 1 aliphatic heterocycles. The summed E-state index contributed by atoms with van der Waals surface area (Å²) in [6.45, 7) is 1.98. The van der Waals surface area contributed by atoms with E-state index in [9.17, 15) is 4.79 Å². The quantitative estimate of drug-likeness (QED) is 0.593. The minimum atomic E-state index is 0.0585. The first-order chi connectivity index (χ1) is 13.2. The van der Waals surface area contributed by atoms with E-state index in [1.165, 1.54) is 24.6 Å². The Bertz CT molecular complexity index is 983. The van der Waals surface area contributed by atoms with E-state index in [2.05, 4.69) is 26.9 Å². The van der Waals surface area contributed by atoms with Crippen molar-refractivity contribution in [3.63, 3.8) is 0 Å². The molecule has 0 atom stereocenters. The monoisotopic (exact) mass is 394 g/mol.